The Morgan fingerprint density at radius 2 is 1.90 bits per heavy atom. The predicted molar refractivity (Wildman–Crippen MR) is 103 cm³/mol. The Morgan fingerprint density at radius 1 is 1.21 bits per heavy atom. The average molecular weight is 391 g/mol. The summed E-state index contributed by atoms with van der Waals surface area (Å²) in [7, 11) is 1.81. The van der Waals surface area contributed by atoms with Gasteiger partial charge in [-0.2, -0.15) is 15.8 Å². The quantitative estimate of drug-likeness (QED) is 0.781. The van der Waals surface area contributed by atoms with Crippen molar-refractivity contribution >= 4 is 5.90 Å². The summed E-state index contributed by atoms with van der Waals surface area (Å²) in [5.74, 6) is -1.73. The van der Waals surface area contributed by atoms with Crippen LogP contribution in [0.1, 0.15) is 51.8 Å². The van der Waals surface area contributed by atoms with Gasteiger partial charge in [-0.15, -0.1) is 0 Å². The van der Waals surface area contributed by atoms with Crippen LogP contribution in [0.5, 0.6) is 0 Å². The van der Waals surface area contributed by atoms with Gasteiger partial charge in [0.2, 0.25) is 17.1 Å². The number of ether oxygens (including phenoxy) is 2. The minimum atomic E-state index is -1.88. The summed E-state index contributed by atoms with van der Waals surface area (Å²) < 4.78 is 14.2. The van der Waals surface area contributed by atoms with E-state index in [9.17, 15) is 15.8 Å². The van der Waals surface area contributed by atoms with Gasteiger partial charge in [0, 0.05) is 25.4 Å². The Labute approximate surface area is 170 Å². The molecule has 3 fully saturated rings. The van der Waals surface area contributed by atoms with E-state index in [-0.39, 0.29) is 17.2 Å². The third-order valence-electron chi connectivity index (χ3n) is 7.39. The molecule has 5 atom stereocenters. The maximum absolute atomic E-state index is 10.4. The number of nitrogens with zero attached hydrogens (tertiary/aromatic N) is 4. The second-order valence-electron chi connectivity index (χ2n) is 9.63. The van der Waals surface area contributed by atoms with Crippen LogP contribution in [0.15, 0.2) is 18.3 Å². The highest BCUT2D eigenvalue weighted by Crippen LogP contribution is 2.70. The van der Waals surface area contributed by atoms with Gasteiger partial charge in [-0.05, 0) is 36.3 Å². The summed E-state index contributed by atoms with van der Waals surface area (Å²) in [6.07, 6.45) is 2.76. The molecule has 29 heavy (non-hydrogen) atoms. The first kappa shape index (κ1) is 19.5. The lowest BCUT2D eigenvalue weighted by atomic mass is 9.49. The van der Waals surface area contributed by atoms with Gasteiger partial charge in [0.1, 0.15) is 6.10 Å². The average Bonchev–Trinajstić information content (AvgIpc) is 3.18. The minimum absolute atomic E-state index is 0.00318. The normalized spacial score (nSPS) is 37.6. The molecule has 7 heteroatoms. The molecule has 0 aromatic carbocycles. The summed E-state index contributed by atoms with van der Waals surface area (Å²) in [5, 5.41) is 39.6. The van der Waals surface area contributed by atoms with Crippen molar-refractivity contribution in [3.63, 3.8) is 0 Å². The molecule has 3 heterocycles. The number of hydrogen-bond acceptors (Lipinski definition) is 6. The zero-order chi connectivity index (χ0) is 21.2. The highest BCUT2D eigenvalue weighted by atomic mass is 16.7. The van der Waals surface area contributed by atoms with E-state index in [1.807, 2.05) is 19.3 Å². The van der Waals surface area contributed by atoms with Crippen molar-refractivity contribution in [3.05, 3.63) is 24.0 Å². The molecular formula is C22H25N5O2. The molecule has 2 saturated heterocycles. The standard InChI is InChI=1S/C22H25N5O2/c1-19(2,3)14-7-8-22-16(10-14)21(13-25,18(26)29-22)20(11-23,12-24)17(28-22)15-6-5-9-27(15)4/h5-6,9,14,16-17,26H,7-8,10H2,1-4H3. The Kier molecular flexibility index (Phi) is 3.93. The maximum atomic E-state index is 10.4. The van der Waals surface area contributed by atoms with Crippen molar-refractivity contribution in [1.82, 2.24) is 4.57 Å². The second-order valence-corrected chi connectivity index (χ2v) is 9.63. The van der Waals surface area contributed by atoms with E-state index in [0.29, 0.717) is 18.5 Å². The van der Waals surface area contributed by atoms with Crippen molar-refractivity contribution in [2.24, 2.45) is 35.1 Å². The van der Waals surface area contributed by atoms with Gasteiger partial charge < -0.3 is 14.0 Å². The van der Waals surface area contributed by atoms with Crippen molar-refractivity contribution in [2.75, 3.05) is 0 Å². The molecule has 0 radical (unpaired) electrons. The Balaban J connectivity index is 1.96. The highest BCUT2D eigenvalue weighted by Gasteiger charge is 2.81. The molecule has 1 aromatic heterocycles. The van der Waals surface area contributed by atoms with Crippen LogP contribution in [-0.2, 0) is 16.5 Å². The molecule has 2 bridgehead atoms. The number of aryl methyl sites for hydroxylation is 1. The lowest BCUT2D eigenvalue weighted by molar-refractivity contribution is -0.302. The second kappa shape index (κ2) is 5.85. The number of hydrogen-bond donors (Lipinski definition) is 1. The molecule has 1 aromatic rings. The van der Waals surface area contributed by atoms with E-state index < -0.39 is 28.6 Å². The fraction of sp³-hybridized carbons (Fsp3) is 0.636. The summed E-state index contributed by atoms with van der Waals surface area (Å²) >= 11 is 0. The van der Waals surface area contributed by atoms with Crippen LogP contribution in [0.25, 0.3) is 0 Å². The third kappa shape index (κ3) is 2.16. The molecule has 7 nitrogen and oxygen atoms in total. The van der Waals surface area contributed by atoms with Gasteiger partial charge in [0.25, 0.3) is 0 Å². The van der Waals surface area contributed by atoms with E-state index in [4.69, 9.17) is 14.9 Å². The van der Waals surface area contributed by atoms with E-state index in [0.717, 1.165) is 6.42 Å². The van der Waals surface area contributed by atoms with Gasteiger partial charge >= 0.3 is 0 Å². The third-order valence-corrected chi connectivity index (χ3v) is 7.39. The monoisotopic (exact) mass is 391 g/mol. The molecule has 0 spiro atoms. The smallest absolute Gasteiger partial charge is 0.217 e. The molecule has 3 aliphatic rings. The number of aromatic nitrogens is 1. The molecule has 150 valence electrons. The van der Waals surface area contributed by atoms with Gasteiger partial charge in [0.05, 0.1) is 24.1 Å². The molecular weight excluding hydrogens is 366 g/mol. The van der Waals surface area contributed by atoms with Gasteiger partial charge in [0.15, 0.2) is 5.41 Å². The van der Waals surface area contributed by atoms with Crippen molar-refractivity contribution in [1.29, 1.82) is 21.2 Å². The number of nitrogens with one attached hydrogen (secondary N) is 1. The van der Waals surface area contributed by atoms with Gasteiger partial charge in [-0.3, -0.25) is 5.41 Å². The molecule has 0 amide bonds. The number of rotatable bonds is 1. The van der Waals surface area contributed by atoms with E-state index in [1.165, 1.54) is 0 Å². The minimum Gasteiger partial charge on any atom is -0.447 e. The van der Waals surface area contributed by atoms with Gasteiger partial charge in [-0.1, -0.05) is 20.8 Å². The summed E-state index contributed by atoms with van der Waals surface area (Å²) in [4.78, 5) is 0. The van der Waals surface area contributed by atoms with E-state index in [1.54, 1.807) is 10.6 Å². The zero-order valence-electron chi connectivity index (χ0n) is 17.2. The fourth-order valence-electron chi connectivity index (χ4n) is 5.64. The topological polar surface area (TPSA) is 119 Å². The van der Waals surface area contributed by atoms with Crippen LogP contribution in [-0.4, -0.2) is 16.3 Å². The summed E-state index contributed by atoms with van der Waals surface area (Å²) in [6.45, 7) is 6.46. The summed E-state index contributed by atoms with van der Waals surface area (Å²) in [5.41, 5.74) is -2.93. The molecule has 1 saturated carbocycles. The van der Waals surface area contributed by atoms with Gasteiger partial charge in [-0.25, -0.2) is 0 Å². The Bertz CT molecular complexity index is 986. The lowest BCUT2D eigenvalue weighted by Gasteiger charge is -2.54. The number of nitriles is 3. The predicted octanol–water partition coefficient (Wildman–Crippen LogP) is 3.81. The maximum Gasteiger partial charge on any atom is 0.217 e. The highest BCUT2D eigenvalue weighted by molar-refractivity contribution is 5.89. The zero-order valence-corrected chi connectivity index (χ0v) is 17.2. The SMILES string of the molecule is Cn1cccc1C1OC23CCC(C(C)(C)C)CC2C(C#N)(C(=N)O3)C1(C#N)C#N. The van der Waals surface area contributed by atoms with Crippen molar-refractivity contribution in [2.45, 2.75) is 51.9 Å². The first-order valence-electron chi connectivity index (χ1n) is 9.92. The first-order valence-corrected chi connectivity index (χ1v) is 9.92. The largest absolute Gasteiger partial charge is 0.447 e. The molecule has 2 aliphatic heterocycles. The molecule has 1 N–H and O–H groups in total. The van der Waals surface area contributed by atoms with Crippen LogP contribution in [0.2, 0.25) is 0 Å². The fourth-order valence-corrected chi connectivity index (χ4v) is 5.64. The van der Waals surface area contributed by atoms with Crippen LogP contribution in [0, 0.1) is 67.5 Å². The lowest BCUT2D eigenvalue weighted by Crippen LogP contribution is -2.61. The molecule has 4 rings (SSSR count). The summed E-state index contributed by atoms with van der Waals surface area (Å²) in [6, 6.07) is 10.1. The van der Waals surface area contributed by atoms with Crippen LogP contribution >= 0.6 is 0 Å². The molecule has 5 unspecified atom stereocenters. The van der Waals surface area contributed by atoms with Crippen molar-refractivity contribution in [3.8, 4) is 18.2 Å². The Morgan fingerprint density at radius 3 is 2.41 bits per heavy atom. The molecule has 1 aliphatic carbocycles. The Hall–Kier alpha value is -2.82. The van der Waals surface area contributed by atoms with Crippen LogP contribution < -0.4 is 0 Å². The van der Waals surface area contributed by atoms with Crippen LogP contribution in [0.4, 0.5) is 0 Å². The van der Waals surface area contributed by atoms with E-state index >= 15 is 0 Å². The van der Waals surface area contributed by atoms with E-state index in [2.05, 4.69) is 39.0 Å². The first-order chi connectivity index (χ1) is 13.6. The van der Waals surface area contributed by atoms with Crippen molar-refractivity contribution < 1.29 is 9.47 Å². The van der Waals surface area contributed by atoms with Crippen LogP contribution in [0.3, 0.4) is 0 Å².